The third-order valence-electron chi connectivity index (χ3n) is 4.04. The van der Waals surface area contributed by atoms with Crippen molar-refractivity contribution in [2.75, 3.05) is 0 Å². The van der Waals surface area contributed by atoms with Crippen LogP contribution in [0.25, 0.3) is 0 Å². The van der Waals surface area contributed by atoms with E-state index in [0.717, 1.165) is 43.7 Å². The fourth-order valence-corrected chi connectivity index (χ4v) is 2.76. The molecule has 0 aromatic heterocycles. The van der Waals surface area contributed by atoms with E-state index >= 15 is 0 Å². The standard InChI is InChI=1S/C15H20F2O/c1-10-2-4-11(5-3-10)15(18)9-12-8-13(16)6-7-14(12)17/h6-8,10-11,15,18H,2-5,9H2,1H3. The summed E-state index contributed by atoms with van der Waals surface area (Å²) in [6.45, 7) is 2.22. The van der Waals surface area contributed by atoms with Crippen LogP contribution in [0.4, 0.5) is 8.78 Å². The molecule has 1 unspecified atom stereocenters. The van der Waals surface area contributed by atoms with Crippen molar-refractivity contribution in [2.24, 2.45) is 11.8 Å². The fourth-order valence-electron chi connectivity index (χ4n) is 2.76. The molecule has 0 aliphatic heterocycles. The second-order valence-corrected chi connectivity index (χ2v) is 5.53. The summed E-state index contributed by atoms with van der Waals surface area (Å²) in [5.41, 5.74) is 0.279. The Morgan fingerprint density at radius 2 is 1.89 bits per heavy atom. The Hall–Kier alpha value is -0.960. The summed E-state index contributed by atoms with van der Waals surface area (Å²) in [4.78, 5) is 0. The Bertz CT molecular complexity index is 397. The fraction of sp³-hybridized carbons (Fsp3) is 0.600. The lowest BCUT2D eigenvalue weighted by Gasteiger charge is -2.30. The molecule has 1 N–H and O–H groups in total. The Balaban J connectivity index is 1.98. The van der Waals surface area contributed by atoms with E-state index in [1.807, 2.05) is 0 Å². The summed E-state index contributed by atoms with van der Waals surface area (Å²) in [6.07, 6.45) is 3.86. The normalized spacial score (nSPS) is 26.0. The maximum atomic E-state index is 13.5. The van der Waals surface area contributed by atoms with Crippen molar-refractivity contribution in [3.63, 3.8) is 0 Å². The largest absolute Gasteiger partial charge is 0.392 e. The van der Waals surface area contributed by atoms with Gasteiger partial charge in [0.2, 0.25) is 0 Å². The maximum Gasteiger partial charge on any atom is 0.126 e. The van der Waals surface area contributed by atoms with Gasteiger partial charge in [0.15, 0.2) is 0 Å². The minimum Gasteiger partial charge on any atom is -0.392 e. The van der Waals surface area contributed by atoms with Gasteiger partial charge in [0.1, 0.15) is 11.6 Å². The smallest absolute Gasteiger partial charge is 0.126 e. The quantitative estimate of drug-likeness (QED) is 0.872. The average Bonchev–Trinajstić information content (AvgIpc) is 2.34. The number of hydrogen-bond acceptors (Lipinski definition) is 1. The molecule has 0 spiro atoms. The second kappa shape index (κ2) is 5.79. The molecular formula is C15H20F2O. The first-order chi connectivity index (χ1) is 8.56. The summed E-state index contributed by atoms with van der Waals surface area (Å²) in [5.74, 6) is 0.0683. The molecule has 2 rings (SSSR count). The Morgan fingerprint density at radius 3 is 2.56 bits per heavy atom. The van der Waals surface area contributed by atoms with E-state index in [2.05, 4.69) is 6.92 Å². The van der Waals surface area contributed by atoms with E-state index in [0.29, 0.717) is 0 Å². The second-order valence-electron chi connectivity index (χ2n) is 5.53. The number of aliphatic hydroxyl groups excluding tert-OH is 1. The first-order valence-corrected chi connectivity index (χ1v) is 6.68. The van der Waals surface area contributed by atoms with Gasteiger partial charge in [0, 0.05) is 6.42 Å². The molecule has 0 saturated heterocycles. The topological polar surface area (TPSA) is 20.2 Å². The molecule has 1 aliphatic carbocycles. The van der Waals surface area contributed by atoms with Crippen molar-refractivity contribution in [3.8, 4) is 0 Å². The van der Waals surface area contributed by atoms with Crippen LogP contribution in [-0.2, 0) is 6.42 Å². The molecule has 0 heterocycles. The highest BCUT2D eigenvalue weighted by Gasteiger charge is 2.25. The number of aliphatic hydroxyl groups is 1. The van der Waals surface area contributed by atoms with Gasteiger partial charge >= 0.3 is 0 Å². The van der Waals surface area contributed by atoms with Gasteiger partial charge in [-0.15, -0.1) is 0 Å². The molecule has 100 valence electrons. The predicted molar refractivity (Wildman–Crippen MR) is 67.2 cm³/mol. The number of hydrogen-bond donors (Lipinski definition) is 1. The number of rotatable bonds is 3. The molecule has 18 heavy (non-hydrogen) atoms. The van der Waals surface area contributed by atoms with Crippen LogP contribution in [0.2, 0.25) is 0 Å². The van der Waals surface area contributed by atoms with Gasteiger partial charge in [-0.25, -0.2) is 8.78 Å². The lowest BCUT2D eigenvalue weighted by molar-refractivity contribution is 0.0753. The number of halogens is 2. The Kier molecular flexibility index (Phi) is 4.33. The zero-order valence-corrected chi connectivity index (χ0v) is 10.7. The van der Waals surface area contributed by atoms with E-state index in [1.165, 1.54) is 6.07 Å². The molecule has 1 aromatic carbocycles. The molecule has 3 heteroatoms. The molecule has 1 nitrogen and oxygen atoms in total. The van der Waals surface area contributed by atoms with Crippen molar-refractivity contribution >= 4 is 0 Å². The summed E-state index contributed by atoms with van der Waals surface area (Å²) >= 11 is 0. The van der Waals surface area contributed by atoms with Crippen molar-refractivity contribution in [1.82, 2.24) is 0 Å². The van der Waals surface area contributed by atoms with Crippen LogP contribution in [0.5, 0.6) is 0 Å². The van der Waals surface area contributed by atoms with Gasteiger partial charge in [-0.1, -0.05) is 19.8 Å². The van der Waals surface area contributed by atoms with Gasteiger partial charge in [0.05, 0.1) is 6.10 Å². The molecular weight excluding hydrogens is 234 g/mol. The zero-order valence-electron chi connectivity index (χ0n) is 10.7. The molecule has 0 radical (unpaired) electrons. The molecule has 1 atom stereocenters. The lowest BCUT2D eigenvalue weighted by Crippen LogP contribution is -2.27. The molecule has 1 aromatic rings. The SMILES string of the molecule is CC1CCC(C(O)Cc2cc(F)ccc2F)CC1. The van der Waals surface area contributed by atoms with Crippen LogP contribution in [0.3, 0.4) is 0 Å². The van der Waals surface area contributed by atoms with Gasteiger partial charge in [-0.3, -0.25) is 0 Å². The van der Waals surface area contributed by atoms with E-state index in [1.54, 1.807) is 0 Å². The van der Waals surface area contributed by atoms with Crippen molar-refractivity contribution in [3.05, 3.63) is 35.4 Å². The van der Waals surface area contributed by atoms with Crippen molar-refractivity contribution < 1.29 is 13.9 Å². The summed E-state index contributed by atoms with van der Waals surface area (Å²) in [6, 6.07) is 3.41. The van der Waals surface area contributed by atoms with Crippen LogP contribution >= 0.6 is 0 Å². The molecule has 1 saturated carbocycles. The lowest BCUT2D eigenvalue weighted by atomic mass is 9.79. The average molecular weight is 254 g/mol. The molecule has 0 amide bonds. The summed E-state index contributed by atoms with van der Waals surface area (Å²) in [5, 5.41) is 10.1. The maximum absolute atomic E-state index is 13.5. The van der Waals surface area contributed by atoms with Crippen molar-refractivity contribution in [2.45, 2.75) is 45.1 Å². The molecule has 1 fully saturated rings. The Labute approximate surface area is 107 Å². The van der Waals surface area contributed by atoms with Crippen LogP contribution in [-0.4, -0.2) is 11.2 Å². The number of benzene rings is 1. The van der Waals surface area contributed by atoms with Gasteiger partial charge in [0.25, 0.3) is 0 Å². The first-order valence-electron chi connectivity index (χ1n) is 6.68. The van der Waals surface area contributed by atoms with Gasteiger partial charge in [-0.05, 0) is 48.4 Å². The van der Waals surface area contributed by atoms with Gasteiger partial charge < -0.3 is 5.11 Å². The highest BCUT2D eigenvalue weighted by Crippen LogP contribution is 2.31. The third-order valence-corrected chi connectivity index (χ3v) is 4.04. The molecule has 1 aliphatic rings. The van der Waals surface area contributed by atoms with E-state index < -0.39 is 17.7 Å². The van der Waals surface area contributed by atoms with Crippen LogP contribution in [0, 0.1) is 23.5 Å². The highest BCUT2D eigenvalue weighted by atomic mass is 19.1. The van der Waals surface area contributed by atoms with Crippen LogP contribution in [0.15, 0.2) is 18.2 Å². The van der Waals surface area contributed by atoms with Gasteiger partial charge in [-0.2, -0.15) is 0 Å². The third kappa shape index (κ3) is 3.29. The first kappa shape index (κ1) is 13.5. The predicted octanol–water partition coefficient (Wildman–Crippen LogP) is 3.69. The summed E-state index contributed by atoms with van der Waals surface area (Å²) < 4.78 is 26.5. The summed E-state index contributed by atoms with van der Waals surface area (Å²) in [7, 11) is 0. The van der Waals surface area contributed by atoms with Crippen LogP contribution in [0.1, 0.15) is 38.2 Å². The minimum absolute atomic E-state index is 0.211. The van der Waals surface area contributed by atoms with Crippen molar-refractivity contribution in [1.29, 1.82) is 0 Å². The zero-order chi connectivity index (χ0) is 13.1. The Morgan fingerprint density at radius 1 is 1.22 bits per heavy atom. The van der Waals surface area contributed by atoms with E-state index in [9.17, 15) is 13.9 Å². The van der Waals surface area contributed by atoms with Crippen LogP contribution < -0.4 is 0 Å². The monoisotopic (exact) mass is 254 g/mol. The molecule has 0 bridgehead atoms. The highest BCUT2D eigenvalue weighted by molar-refractivity contribution is 5.19. The van der Waals surface area contributed by atoms with E-state index in [-0.39, 0.29) is 17.9 Å². The van der Waals surface area contributed by atoms with E-state index in [4.69, 9.17) is 0 Å². The minimum atomic E-state index is -0.561.